The third-order valence-corrected chi connectivity index (χ3v) is 4.03. The molecule has 2 amide bonds. The molecule has 2 aromatic carbocycles. The van der Waals surface area contributed by atoms with Crippen molar-refractivity contribution in [3.63, 3.8) is 0 Å². The van der Waals surface area contributed by atoms with E-state index >= 15 is 0 Å². The predicted octanol–water partition coefficient (Wildman–Crippen LogP) is 2.46. The Labute approximate surface area is 137 Å². The summed E-state index contributed by atoms with van der Waals surface area (Å²) in [4.78, 5) is 23.8. The molecule has 6 heteroatoms. The second-order valence-corrected chi connectivity index (χ2v) is 5.84. The van der Waals surface area contributed by atoms with Gasteiger partial charge in [0, 0.05) is 5.92 Å². The number of benzene rings is 2. The van der Waals surface area contributed by atoms with Crippen LogP contribution in [0.1, 0.15) is 23.5 Å². The zero-order chi connectivity index (χ0) is 17.1. The van der Waals surface area contributed by atoms with Gasteiger partial charge in [-0.05, 0) is 47.7 Å². The molecule has 0 aromatic heterocycles. The monoisotopic (exact) mass is 330 g/mol. The van der Waals surface area contributed by atoms with Crippen molar-refractivity contribution in [1.82, 2.24) is 10.9 Å². The summed E-state index contributed by atoms with van der Waals surface area (Å²) in [5.74, 6) is -1.49. The van der Waals surface area contributed by atoms with Gasteiger partial charge in [0.1, 0.15) is 11.6 Å². The number of hydrogen-bond acceptors (Lipinski definition) is 2. The normalized spacial score (nSPS) is 18.8. The lowest BCUT2D eigenvalue weighted by molar-refractivity contribution is -0.129. The average Bonchev–Trinajstić information content (AvgIpc) is 3.36. The van der Waals surface area contributed by atoms with E-state index in [0.717, 1.165) is 5.56 Å². The molecule has 0 spiro atoms. The van der Waals surface area contributed by atoms with E-state index in [1.54, 1.807) is 12.1 Å². The lowest BCUT2D eigenvalue weighted by atomic mass is 10.1. The molecule has 2 N–H and O–H groups in total. The smallest absolute Gasteiger partial charge is 0.242 e. The van der Waals surface area contributed by atoms with Gasteiger partial charge in [-0.15, -0.1) is 0 Å². The van der Waals surface area contributed by atoms with Crippen LogP contribution in [0.25, 0.3) is 0 Å². The van der Waals surface area contributed by atoms with Crippen LogP contribution in [0.5, 0.6) is 0 Å². The molecule has 2 atom stereocenters. The van der Waals surface area contributed by atoms with Crippen molar-refractivity contribution in [2.75, 3.05) is 0 Å². The maximum Gasteiger partial charge on any atom is 0.242 e. The lowest BCUT2D eigenvalue weighted by Crippen LogP contribution is -2.43. The van der Waals surface area contributed by atoms with Crippen LogP contribution in [-0.4, -0.2) is 11.8 Å². The Kier molecular flexibility index (Phi) is 4.55. The summed E-state index contributed by atoms with van der Waals surface area (Å²) >= 11 is 0. The first-order chi connectivity index (χ1) is 11.5. The van der Waals surface area contributed by atoms with Gasteiger partial charge in [0.05, 0.1) is 6.42 Å². The maximum absolute atomic E-state index is 12.9. The van der Waals surface area contributed by atoms with Gasteiger partial charge in [-0.25, -0.2) is 8.78 Å². The van der Waals surface area contributed by atoms with Gasteiger partial charge in [0.25, 0.3) is 0 Å². The second kappa shape index (κ2) is 6.78. The van der Waals surface area contributed by atoms with E-state index in [-0.39, 0.29) is 41.7 Å². The topological polar surface area (TPSA) is 58.2 Å². The molecule has 0 bridgehead atoms. The van der Waals surface area contributed by atoms with Crippen LogP contribution in [0.2, 0.25) is 0 Å². The third kappa shape index (κ3) is 3.95. The molecule has 24 heavy (non-hydrogen) atoms. The SMILES string of the molecule is O=C(Cc1ccc(F)cc1)NNC(=O)C1CC1c1ccc(F)cc1. The summed E-state index contributed by atoms with van der Waals surface area (Å²) in [5, 5.41) is 0. The summed E-state index contributed by atoms with van der Waals surface area (Å²) in [5.41, 5.74) is 6.32. The molecule has 1 fully saturated rings. The average molecular weight is 330 g/mol. The largest absolute Gasteiger partial charge is 0.273 e. The van der Waals surface area contributed by atoms with Crippen molar-refractivity contribution in [3.8, 4) is 0 Å². The number of nitrogens with one attached hydrogen (secondary N) is 2. The number of hydrazine groups is 1. The first kappa shape index (κ1) is 16.1. The van der Waals surface area contributed by atoms with Crippen LogP contribution in [0, 0.1) is 17.6 Å². The Morgan fingerprint density at radius 2 is 1.50 bits per heavy atom. The van der Waals surface area contributed by atoms with Crippen molar-refractivity contribution in [2.24, 2.45) is 5.92 Å². The van der Waals surface area contributed by atoms with Gasteiger partial charge in [-0.1, -0.05) is 24.3 Å². The fourth-order valence-electron chi connectivity index (χ4n) is 2.62. The highest BCUT2D eigenvalue weighted by Gasteiger charge is 2.44. The van der Waals surface area contributed by atoms with E-state index in [1.165, 1.54) is 36.4 Å². The molecule has 0 aliphatic heterocycles. The Morgan fingerprint density at radius 1 is 0.917 bits per heavy atom. The molecule has 0 radical (unpaired) electrons. The van der Waals surface area contributed by atoms with Crippen molar-refractivity contribution in [3.05, 3.63) is 71.3 Å². The third-order valence-electron chi connectivity index (χ3n) is 4.03. The highest BCUT2D eigenvalue weighted by Crippen LogP contribution is 2.47. The highest BCUT2D eigenvalue weighted by atomic mass is 19.1. The minimum Gasteiger partial charge on any atom is -0.273 e. The molecular formula is C18H16F2N2O2. The number of hydrogen-bond donors (Lipinski definition) is 2. The quantitative estimate of drug-likeness (QED) is 0.846. The lowest BCUT2D eigenvalue weighted by Gasteiger charge is -2.07. The Morgan fingerprint density at radius 3 is 2.12 bits per heavy atom. The molecule has 1 aliphatic carbocycles. The molecule has 1 aliphatic rings. The zero-order valence-corrected chi connectivity index (χ0v) is 12.8. The van der Waals surface area contributed by atoms with E-state index < -0.39 is 0 Å². The maximum atomic E-state index is 12.9. The summed E-state index contributed by atoms with van der Waals surface area (Å²) in [6.07, 6.45) is 0.720. The number of amides is 2. The fourth-order valence-corrected chi connectivity index (χ4v) is 2.62. The van der Waals surface area contributed by atoms with Gasteiger partial charge in [-0.2, -0.15) is 0 Å². The fraction of sp³-hybridized carbons (Fsp3) is 0.222. The first-order valence-corrected chi connectivity index (χ1v) is 7.61. The Hall–Kier alpha value is -2.76. The number of halogens is 2. The molecule has 2 unspecified atom stereocenters. The van der Waals surface area contributed by atoms with E-state index in [4.69, 9.17) is 0 Å². The minimum absolute atomic E-state index is 0.0482. The summed E-state index contributed by atoms with van der Waals surface area (Å²) in [6.45, 7) is 0. The van der Waals surface area contributed by atoms with Crippen LogP contribution >= 0.6 is 0 Å². The number of carbonyl (C=O) groups is 2. The number of rotatable bonds is 4. The molecule has 4 nitrogen and oxygen atoms in total. The molecular weight excluding hydrogens is 314 g/mol. The summed E-state index contributed by atoms with van der Waals surface area (Å²) in [6, 6.07) is 11.7. The molecule has 3 rings (SSSR count). The molecule has 1 saturated carbocycles. The van der Waals surface area contributed by atoms with Crippen LogP contribution in [0.4, 0.5) is 8.78 Å². The molecule has 0 heterocycles. The molecule has 0 saturated heterocycles. The molecule has 2 aromatic rings. The Balaban J connectivity index is 1.45. The predicted molar refractivity (Wildman–Crippen MR) is 83.6 cm³/mol. The van der Waals surface area contributed by atoms with Crippen molar-refractivity contribution < 1.29 is 18.4 Å². The summed E-state index contributed by atoms with van der Waals surface area (Å²) < 4.78 is 25.7. The van der Waals surface area contributed by atoms with Gasteiger partial charge in [-0.3, -0.25) is 20.4 Å². The standard InChI is InChI=1S/C18H16F2N2O2/c19-13-5-1-11(2-6-13)9-17(23)21-22-18(24)16-10-15(16)12-3-7-14(20)8-4-12/h1-8,15-16H,9-10H2,(H,21,23)(H,22,24). The second-order valence-electron chi connectivity index (χ2n) is 5.84. The highest BCUT2D eigenvalue weighted by molar-refractivity contribution is 5.86. The first-order valence-electron chi connectivity index (χ1n) is 7.61. The number of carbonyl (C=O) groups excluding carboxylic acids is 2. The van der Waals surface area contributed by atoms with E-state index in [2.05, 4.69) is 10.9 Å². The van der Waals surface area contributed by atoms with Gasteiger partial charge in [0.15, 0.2) is 0 Å². The Bertz CT molecular complexity index is 745. The van der Waals surface area contributed by atoms with Crippen LogP contribution < -0.4 is 10.9 Å². The van der Waals surface area contributed by atoms with Crippen molar-refractivity contribution in [2.45, 2.75) is 18.8 Å². The van der Waals surface area contributed by atoms with Crippen molar-refractivity contribution >= 4 is 11.8 Å². The molecule has 124 valence electrons. The van der Waals surface area contributed by atoms with E-state index in [1.807, 2.05) is 0 Å². The van der Waals surface area contributed by atoms with Crippen molar-refractivity contribution in [1.29, 1.82) is 0 Å². The summed E-state index contributed by atoms with van der Waals surface area (Å²) in [7, 11) is 0. The van der Waals surface area contributed by atoms with Crippen LogP contribution in [0.3, 0.4) is 0 Å². The van der Waals surface area contributed by atoms with E-state index in [0.29, 0.717) is 12.0 Å². The van der Waals surface area contributed by atoms with Gasteiger partial charge in [0.2, 0.25) is 11.8 Å². The zero-order valence-electron chi connectivity index (χ0n) is 12.8. The van der Waals surface area contributed by atoms with Crippen LogP contribution in [0.15, 0.2) is 48.5 Å². The minimum atomic E-state index is -0.381. The van der Waals surface area contributed by atoms with Gasteiger partial charge >= 0.3 is 0 Å². The van der Waals surface area contributed by atoms with E-state index in [9.17, 15) is 18.4 Å². The van der Waals surface area contributed by atoms with Crippen LogP contribution in [-0.2, 0) is 16.0 Å². The van der Waals surface area contributed by atoms with Gasteiger partial charge < -0.3 is 0 Å².